The summed E-state index contributed by atoms with van der Waals surface area (Å²) in [5.74, 6) is 0. The Morgan fingerprint density at radius 3 is 2.00 bits per heavy atom. The lowest BCUT2D eigenvalue weighted by Crippen LogP contribution is -2.58. The van der Waals surface area contributed by atoms with Gasteiger partial charge in [0, 0.05) is 19.1 Å². The van der Waals surface area contributed by atoms with Gasteiger partial charge in [-0.15, -0.1) is 0 Å². The van der Waals surface area contributed by atoms with E-state index >= 15 is 0 Å². The summed E-state index contributed by atoms with van der Waals surface area (Å²) in [6.07, 6.45) is 17.9. The number of nitrogens with zero attached hydrogens (tertiary/aromatic N) is 1. The first kappa shape index (κ1) is 17.2. The minimum atomic E-state index is 0.707. The van der Waals surface area contributed by atoms with Crippen LogP contribution in [0.5, 0.6) is 0 Å². The third-order valence-electron chi connectivity index (χ3n) is 4.82. The Bertz CT molecular complexity index is 225. The van der Waals surface area contributed by atoms with E-state index in [1.807, 2.05) is 0 Å². The predicted octanol–water partition coefficient (Wildman–Crippen LogP) is 2.77. The third kappa shape index (κ3) is 7.56. The van der Waals surface area contributed by atoms with E-state index in [9.17, 15) is 0 Å². The molecule has 0 saturated carbocycles. The molecule has 0 aliphatic carbocycles. The van der Waals surface area contributed by atoms with Gasteiger partial charge >= 0.3 is 0 Å². The van der Waals surface area contributed by atoms with E-state index in [0.717, 1.165) is 13.1 Å². The minimum Gasteiger partial charge on any atom is -0.243 e. The summed E-state index contributed by atoms with van der Waals surface area (Å²) >= 11 is 0. The molecule has 2 aliphatic rings. The Labute approximate surface area is 130 Å². The quantitative estimate of drug-likeness (QED) is 0.554. The van der Waals surface area contributed by atoms with E-state index in [1.54, 1.807) is 0 Å². The highest BCUT2D eigenvalue weighted by molar-refractivity contribution is 4.75. The van der Waals surface area contributed by atoms with Crippen molar-refractivity contribution in [3.63, 3.8) is 0 Å². The number of rotatable bonds is 0. The maximum absolute atomic E-state index is 3.30. The zero-order chi connectivity index (χ0) is 14.6. The molecular weight excluding hydrogens is 262 g/mol. The van der Waals surface area contributed by atoms with E-state index in [2.05, 4.69) is 27.0 Å². The molecule has 2 saturated heterocycles. The Hall–Kier alpha value is -0.200. The normalized spacial score (nSPS) is 29.4. The first-order valence-electron chi connectivity index (χ1n) is 9.22. The van der Waals surface area contributed by atoms with Crippen LogP contribution in [-0.4, -0.2) is 24.1 Å². The maximum Gasteiger partial charge on any atom is 0.0257 e. The first-order valence-corrected chi connectivity index (χ1v) is 9.22. The molecule has 4 N–H and O–H groups in total. The number of hydrazine groups is 4. The van der Waals surface area contributed by atoms with Gasteiger partial charge in [-0.3, -0.25) is 0 Å². The topological polar surface area (TPSA) is 51.4 Å². The number of nitrogens with one attached hydrogen (secondary N) is 4. The van der Waals surface area contributed by atoms with Crippen molar-refractivity contribution in [1.82, 2.24) is 27.0 Å². The van der Waals surface area contributed by atoms with Gasteiger partial charge in [-0.25, -0.2) is 10.4 Å². The van der Waals surface area contributed by atoms with Crippen LogP contribution in [0.1, 0.15) is 83.5 Å². The molecule has 124 valence electrons. The van der Waals surface area contributed by atoms with Gasteiger partial charge in [-0.05, 0) is 25.7 Å². The molecule has 0 aromatic heterocycles. The molecule has 0 radical (unpaired) electrons. The average molecular weight is 297 g/mol. The third-order valence-corrected chi connectivity index (χ3v) is 4.82. The van der Waals surface area contributed by atoms with E-state index in [0.29, 0.717) is 6.04 Å². The minimum absolute atomic E-state index is 0.707. The maximum atomic E-state index is 3.30. The van der Waals surface area contributed by atoms with Gasteiger partial charge in [-0.2, -0.15) is 16.6 Å². The molecule has 5 nitrogen and oxygen atoms in total. The molecular formula is C16H35N5. The summed E-state index contributed by atoms with van der Waals surface area (Å²) in [5, 5.41) is 2.36. The van der Waals surface area contributed by atoms with Crippen molar-refractivity contribution in [3.8, 4) is 0 Å². The lowest BCUT2D eigenvalue weighted by molar-refractivity contribution is 0.106. The van der Waals surface area contributed by atoms with Crippen molar-refractivity contribution in [2.24, 2.45) is 0 Å². The molecule has 0 bridgehead atoms. The lowest BCUT2D eigenvalue weighted by atomic mass is 10.0. The van der Waals surface area contributed by atoms with Crippen LogP contribution in [0.25, 0.3) is 0 Å². The predicted molar refractivity (Wildman–Crippen MR) is 87.9 cm³/mol. The number of fused-ring (bicyclic) bond motifs is 1. The van der Waals surface area contributed by atoms with Gasteiger partial charge in [0.15, 0.2) is 0 Å². The van der Waals surface area contributed by atoms with Crippen molar-refractivity contribution in [3.05, 3.63) is 0 Å². The Kier molecular flexibility index (Phi) is 9.30. The molecule has 21 heavy (non-hydrogen) atoms. The van der Waals surface area contributed by atoms with Gasteiger partial charge in [-0.1, -0.05) is 57.8 Å². The van der Waals surface area contributed by atoms with Crippen LogP contribution in [0.4, 0.5) is 0 Å². The van der Waals surface area contributed by atoms with Crippen molar-refractivity contribution >= 4 is 0 Å². The highest BCUT2D eigenvalue weighted by Crippen LogP contribution is 2.20. The van der Waals surface area contributed by atoms with Crippen LogP contribution in [0, 0.1) is 0 Å². The molecule has 0 spiro atoms. The van der Waals surface area contributed by atoms with Gasteiger partial charge in [0.25, 0.3) is 0 Å². The van der Waals surface area contributed by atoms with Crippen LogP contribution >= 0.6 is 0 Å². The molecule has 0 amide bonds. The molecule has 1 atom stereocenters. The standard InChI is InChI=1S/C16H35N5/c1-2-4-6-8-10-14-17-18-19-20-21-15-11-13-16(21)12-9-7-5-3-1/h16-20H,1-15H2. The summed E-state index contributed by atoms with van der Waals surface area (Å²) in [5.41, 5.74) is 12.6. The molecule has 1 unspecified atom stereocenters. The van der Waals surface area contributed by atoms with E-state index < -0.39 is 0 Å². The smallest absolute Gasteiger partial charge is 0.0257 e. The second-order valence-electron chi connectivity index (χ2n) is 6.60. The second kappa shape index (κ2) is 11.4. The largest absolute Gasteiger partial charge is 0.243 e. The summed E-state index contributed by atoms with van der Waals surface area (Å²) < 4.78 is 0. The van der Waals surface area contributed by atoms with Crippen molar-refractivity contribution in [1.29, 1.82) is 0 Å². The molecule has 0 aromatic carbocycles. The van der Waals surface area contributed by atoms with Crippen LogP contribution in [0.3, 0.4) is 0 Å². The van der Waals surface area contributed by atoms with Crippen LogP contribution in [-0.2, 0) is 0 Å². The van der Waals surface area contributed by atoms with Crippen LogP contribution in [0.2, 0.25) is 0 Å². The summed E-state index contributed by atoms with van der Waals surface area (Å²) in [6.45, 7) is 2.18. The fourth-order valence-corrected chi connectivity index (χ4v) is 3.50. The SMILES string of the molecule is C1CCCCCCC2CCCN2NNNNCCCCC1. The van der Waals surface area contributed by atoms with Gasteiger partial charge in [0.1, 0.15) is 0 Å². The van der Waals surface area contributed by atoms with Crippen molar-refractivity contribution < 1.29 is 0 Å². The molecule has 2 rings (SSSR count). The van der Waals surface area contributed by atoms with E-state index in [4.69, 9.17) is 0 Å². The summed E-state index contributed by atoms with van der Waals surface area (Å²) in [4.78, 5) is 0. The van der Waals surface area contributed by atoms with E-state index in [-0.39, 0.29) is 0 Å². The van der Waals surface area contributed by atoms with Crippen LogP contribution < -0.4 is 22.0 Å². The Morgan fingerprint density at radius 1 is 0.619 bits per heavy atom. The molecule has 2 fully saturated rings. The molecule has 2 heterocycles. The monoisotopic (exact) mass is 297 g/mol. The second-order valence-corrected chi connectivity index (χ2v) is 6.60. The highest BCUT2D eigenvalue weighted by Gasteiger charge is 2.23. The zero-order valence-corrected chi connectivity index (χ0v) is 13.6. The fraction of sp³-hybridized carbons (Fsp3) is 1.00. The Balaban J connectivity index is 1.65. The average Bonchev–Trinajstić information content (AvgIpc) is 2.93. The van der Waals surface area contributed by atoms with Crippen LogP contribution in [0.15, 0.2) is 0 Å². The zero-order valence-electron chi connectivity index (χ0n) is 13.6. The first-order chi connectivity index (χ1) is 10.5. The summed E-state index contributed by atoms with van der Waals surface area (Å²) in [7, 11) is 0. The molecule has 0 aromatic rings. The van der Waals surface area contributed by atoms with Crippen molar-refractivity contribution in [2.75, 3.05) is 13.1 Å². The molecule has 2 aliphatic heterocycles. The number of hydrogen-bond acceptors (Lipinski definition) is 5. The summed E-state index contributed by atoms with van der Waals surface area (Å²) in [6, 6.07) is 0.707. The fourth-order valence-electron chi connectivity index (χ4n) is 3.50. The van der Waals surface area contributed by atoms with Gasteiger partial charge in [0.05, 0.1) is 0 Å². The van der Waals surface area contributed by atoms with Gasteiger partial charge < -0.3 is 0 Å². The molecule has 5 heteroatoms. The number of hydrogen-bond donors (Lipinski definition) is 4. The van der Waals surface area contributed by atoms with Gasteiger partial charge in [0.2, 0.25) is 0 Å². The lowest BCUT2D eigenvalue weighted by Gasteiger charge is -2.25. The van der Waals surface area contributed by atoms with Crippen molar-refractivity contribution in [2.45, 2.75) is 89.5 Å². The van der Waals surface area contributed by atoms with E-state index in [1.165, 1.54) is 83.5 Å². The Morgan fingerprint density at radius 2 is 1.24 bits per heavy atom. The highest BCUT2D eigenvalue weighted by atomic mass is 15.8.